The van der Waals surface area contributed by atoms with Gasteiger partial charge in [-0.05, 0) is 39.2 Å². The molecule has 0 saturated carbocycles. The van der Waals surface area contributed by atoms with Crippen molar-refractivity contribution in [3.05, 3.63) is 23.5 Å². The first-order valence-corrected chi connectivity index (χ1v) is 6.57. The maximum Gasteiger partial charge on any atom is 0.326 e. The van der Waals surface area contributed by atoms with Gasteiger partial charge in [0.15, 0.2) is 0 Å². The molecule has 118 valence electrons. The van der Waals surface area contributed by atoms with Crippen molar-refractivity contribution in [3.8, 4) is 0 Å². The van der Waals surface area contributed by atoms with E-state index in [1.807, 2.05) is 0 Å². The van der Waals surface area contributed by atoms with Crippen molar-refractivity contribution in [2.24, 2.45) is 5.73 Å². The molecule has 21 heavy (non-hydrogen) atoms. The molecule has 0 saturated heterocycles. The number of aliphatic carboxylic acids is 1. The molecular formula is C14H22N2O5. The van der Waals surface area contributed by atoms with Crippen LogP contribution in [0, 0.1) is 0 Å². The van der Waals surface area contributed by atoms with Crippen LogP contribution in [0.4, 0.5) is 0 Å². The maximum atomic E-state index is 11.7. The van der Waals surface area contributed by atoms with Crippen LogP contribution in [0.5, 0.6) is 0 Å². The second kappa shape index (κ2) is 9.57. The normalized spacial score (nSPS) is 13.6. The summed E-state index contributed by atoms with van der Waals surface area (Å²) in [7, 11) is 0. The molecule has 7 heteroatoms. The number of aliphatic hydroxyl groups is 1. The van der Waals surface area contributed by atoms with Gasteiger partial charge in [0, 0.05) is 12.5 Å². The fraction of sp³-hybridized carbons (Fsp3) is 0.500. The van der Waals surface area contributed by atoms with E-state index >= 15 is 0 Å². The quantitative estimate of drug-likeness (QED) is 0.373. The number of rotatable bonds is 9. The van der Waals surface area contributed by atoms with Gasteiger partial charge in [0.05, 0.1) is 5.76 Å². The first-order chi connectivity index (χ1) is 9.72. The summed E-state index contributed by atoms with van der Waals surface area (Å²) in [4.78, 5) is 33.3. The molecule has 0 radical (unpaired) electrons. The highest BCUT2D eigenvalue weighted by Crippen LogP contribution is 2.06. The third kappa shape index (κ3) is 10.2. The molecule has 0 heterocycles. The van der Waals surface area contributed by atoms with E-state index in [0.29, 0.717) is 12.8 Å². The zero-order valence-electron chi connectivity index (χ0n) is 12.3. The fourth-order valence-corrected chi connectivity index (χ4v) is 1.56. The van der Waals surface area contributed by atoms with E-state index in [4.69, 9.17) is 15.9 Å². The Labute approximate surface area is 123 Å². The van der Waals surface area contributed by atoms with Gasteiger partial charge in [0.2, 0.25) is 11.8 Å². The molecule has 2 amide bonds. The summed E-state index contributed by atoms with van der Waals surface area (Å²) < 4.78 is 0. The Morgan fingerprint density at radius 3 is 2.29 bits per heavy atom. The zero-order valence-corrected chi connectivity index (χ0v) is 12.3. The molecule has 0 aliphatic carbocycles. The number of carboxylic acid groups (broad SMARTS) is 1. The molecule has 0 bridgehead atoms. The molecule has 0 aromatic rings. The van der Waals surface area contributed by atoms with Crippen LogP contribution in [-0.2, 0) is 14.4 Å². The molecule has 1 unspecified atom stereocenters. The molecule has 0 spiro atoms. The van der Waals surface area contributed by atoms with E-state index < -0.39 is 23.8 Å². The molecule has 1 atom stereocenters. The lowest BCUT2D eigenvalue weighted by Gasteiger charge is -2.12. The summed E-state index contributed by atoms with van der Waals surface area (Å²) in [6, 6.07) is -1.14. The van der Waals surface area contributed by atoms with Gasteiger partial charge in [0.1, 0.15) is 6.04 Å². The number of aliphatic hydroxyl groups excluding tert-OH is 1. The van der Waals surface area contributed by atoms with Crippen molar-refractivity contribution in [1.29, 1.82) is 0 Å². The highest BCUT2D eigenvalue weighted by Gasteiger charge is 2.19. The Balaban J connectivity index is 4.44. The van der Waals surface area contributed by atoms with Gasteiger partial charge < -0.3 is 21.3 Å². The lowest BCUT2D eigenvalue weighted by molar-refractivity contribution is -0.141. The minimum Gasteiger partial charge on any atom is -0.513 e. The van der Waals surface area contributed by atoms with Gasteiger partial charge >= 0.3 is 5.97 Å². The number of amides is 2. The molecule has 0 rings (SSSR count). The lowest BCUT2D eigenvalue weighted by atomic mass is 10.1. The molecular weight excluding hydrogens is 276 g/mol. The van der Waals surface area contributed by atoms with Crippen molar-refractivity contribution < 1.29 is 24.6 Å². The molecule has 0 aromatic carbocycles. The Morgan fingerprint density at radius 2 is 1.81 bits per heavy atom. The van der Waals surface area contributed by atoms with Crippen LogP contribution in [0.3, 0.4) is 0 Å². The van der Waals surface area contributed by atoms with E-state index in [9.17, 15) is 14.4 Å². The van der Waals surface area contributed by atoms with Gasteiger partial charge in [0.25, 0.3) is 0 Å². The number of carbonyl (C=O) groups excluding carboxylic acids is 2. The largest absolute Gasteiger partial charge is 0.513 e. The van der Waals surface area contributed by atoms with Crippen molar-refractivity contribution >= 4 is 17.8 Å². The third-order valence-electron chi connectivity index (χ3n) is 2.65. The number of nitrogens with one attached hydrogen (secondary N) is 1. The number of nitrogens with two attached hydrogens (primary N) is 1. The van der Waals surface area contributed by atoms with Crippen LogP contribution < -0.4 is 11.1 Å². The number of allylic oxidation sites excluding steroid dienone is 3. The van der Waals surface area contributed by atoms with Gasteiger partial charge in [-0.2, -0.15) is 0 Å². The second-order valence-electron chi connectivity index (χ2n) is 4.78. The van der Waals surface area contributed by atoms with E-state index in [0.717, 1.165) is 5.57 Å². The number of hydrogen-bond acceptors (Lipinski definition) is 4. The molecule has 7 nitrogen and oxygen atoms in total. The SMILES string of the molecule is C/C(O)=C/CC/C(C)=C/C(=O)NC(CCC(N)=O)C(=O)O. The van der Waals surface area contributed by atoms with Crippen LogP contribution in [0.2, 0.25) is 0 Å². The first kappa shape index (κ1) is 18.7. The van der Waals surface area contributed by atoms with Crippen LogP contribution >= 0.6 is 0 Å². The van der Waals surface area contributed by atoms with Crippen LogP contribution in [0.25, 0.3) is 0 Å². The van der Waals surface area contributed by atoms with Crippen molar-refractivity contribution in [2.75, 3.05) is 0 Å². The fourth-order valence-electron chi connectivity index (χ4n) is 1.56. The molecule has 0 fully saturated rings. The zero-order chi connectivity index (χ0) is 16.4. The van der Waals surface area contributed by atoms with Crippen molar-refractivity contribution in [3.63, 3.8) is 0 Å². The van der Waals surface area contributed by atoms with Gasteiger partial charge in [-0.3, -0.25) is 9.59 Å². The summed E-state index contributed by atoms with van der Waals surface area (Å²) in [6.45, 7) is 3.29. The topological polar surface area (TPSA) is 130 Å². The van der Waals surface area contributed by atoms with Gasteiger partial charge in [-0.15, -0.1) is 0 Å². The molecule has 5 N–H and O–H groups in total. The summed E-state index contributed by atoms with van der Waals surface area (Å²) in [5, 5.41) is 20.3. The van der Waals surface area contributed by atoms with Crippen LogP contribution in [0.15, 0.2) is 23.5 Å². The maximum absolute atomic E-state index is 11.7. The van der Waals surface area contributed by atoms with E-state index in [1.165, 1.54) is 6.08 Å². The van der Waals surface area contributed by atoms with Gasteiger partial charge in [-0.1, -0.05) is 5.57 Å². The van der Waals surface area contributed by atoms with Crippen molar-refractivity contribution in [2.45, 2.75) is 45.6 Å². The van der Waals surface area contributed by atoms with Crippen LogP contribution in [-0.4, -0.2) is 34.0 Å². The van der Waals surface area contributed by atoms with E-state index in [1.54, 1.807) is 19.9 Å². The third-order valence-corrected chi connectivity index (χ3v) is 2.65. The minimum atomic E-state index is -1.21. The minimum absolute atomic E-state index is 0.0459. The summed E-state index contributed by atoms with van der Waals surface area (Å²) in [5.41, 5.74) is 5.70. The van der Waals surface area contributed by atoms with E-state index in [-0.39, 0.29) is 18.6 Å². The Kier molecular flexibility index (Phi) is 8.52. The Morgan fingerprint density at radius 1 is 1.19 bits per heavy atom. The first-order valence-electron chi connectivity index (χ1n) is 6.57. The lowest BCUT2D eigenvalue weighted by Crippen LogP contribution is -2.40. The molecule has 0 aliphatic heterocycles. The summed E-state index contributed by atoms with van der Waals surface area (Å²) in [5.74, 6) is -2.15. The second-order valence-corrected chi connectivity index (χ2v) is 4.78. The highest BCUT2D eigenvalue weighted by molar-refractivity contribution is 5.91. The summed E-state index contributed by atoms with van der Waals surface area (Å²) in [6.07, 6.45) is 3.94. The predicted molar refractivity (Wildman–Crippen MR) is 77.4 cm³/mol. The smallest absolute Gasteiger partial charge is 0.326 e. The molecule has 0 aliphatic rings. The standard InChI is InChI=1S/C14H22N2O5/c1-9(4-3-5-10(2)17)8-13(19)16-11(14(20)21)6-7-12(15)18/h5,8,11,17H,3-4,6-7H2,1-2H3,(H2,15,18)(H,16,19)(H,20,21)/b9-8+,10-5-. The number of primary amides is 1. The van der Waals surface area contributed by atoms with E-state index in [2.05, 4.69) is 5.32 Å². The van der Waals surface area contributed by atoms with Crippen LogP contribution in [0.1, 0.15) is 39.5 Å². The number of carboxylic acids is 1. The predicted octanol–water partition coefficient (Wildman–Crippen LogP) is 1.01. The monoisotopic (exact) mass is 298 g/mol. The highest BCUT2D eigenvalue weighted by atomic mass is 16.4. The average molecular weight is 298 g/mol. The molecule has 0 aromatic heterocycles. The average Bonchev–Trinajstić information content (AvgIpc) is 2.33. The number of carbonyl (C=O) groups is 3. The Hall–Kier alpha value is -2.31. The van der Waals surface area contributed by atoms with Gasteiger partial charge in [-0.25, -0.2) is 4.79 Å². The number of hydrogen-bond donors (Lipinski definition) is 4. The Bertz CT molecular complexity index is 450. The summed E-state index contributed by atoms with van der Waals surface area (Å²) >= 11 is 0. The van der Waals surface area contributed by atoms with Crippen molar-refractivity contribution in [1.82, 2.24) is 5.32 Å².